The molecule has 5 heteroatoms. The molecule has 1 atom stereocenters. The lowest BCUT2D eigenvalue weighted by Gasteiger charge is -2.32. The van der Waals surface area contributed by atoms with Crippen LogP contribution in [-0.4, -0.2) is 17.8 Å². The summed E-state index contributed by atoms with van der Waals surface area (Å²) in [5, 5.41) is 3.80. The monoisotopic (exact) mass is 312 g/mol. The molecule has 19 heavy (non-hydrogen) atoms. The van der Waals surface area contributed by atoms with Gasteiger partial charge in [0.15, 0.2) is 0 Å². The van der Waals surface area contributed by atoms with Crippen molar-refractivity contribution in [1.29, 1.82) is 0 Å². The fourth-order valence-electron chi connectivity index (χ4n) is 2.16. The predicted molar refractivity (Wildman–Crippen MR) is 84.5 cm³/mol. The molecule has 1 unspecified atom stereocenters. The molecule has 0 fully saturated rings. The zero-order chi connectivity index (χ0) is 13.9. The van der Waals surface area contributed by atoms with Gasteiger partial charge in [0.2, 0.25) is 0 Å². The molecular weight excluding hydrogens is 296 g/mol. The van der Waals surface area contributed by atoms with Crippen LogP contribution >= 0.6 is 35.3 Å². The van der Waals surface area contributed by atoms with Gasteiger partial charge >= 0.3 is 5.97 Å². The summed E-state index contributed by atoms with van der Waals surface area (Å²) in [5.74, 6) is -0.220. The Morgan fingerprint density at radius 3 is 2.16 bits per heavy atom. The number of esters is 1. The number of rotatable bonds is 5. The van der Waals surface area contributed by atoms with E-state index in [1.54, 1.807) is 22.7 Å². The van der Waals surface area contributed by atoms with Gasteiger partial charge in [-0.05, 0) is 29.8 Å². The molecule has 0 N–H and O–H groups in total. The quantitative estimate of drug-likeness (QED) is 0.668. The van der Waals surface area contributed by atoms with Crippen LogP contribution in [0, 0.1) is 0 Å². The maximum atomic E-state index is 12.6. The first kappa shape index (κ1) is 14.6. The van der Waals surface area contributed by atoms with Gasteiger partial charge in [0.05, 0.1) is 6.61 Å². The molecular formula is C14H16O2S3. The van der Waals surface area contributed by atoms with Crippen molar-refractivity contribution in [2.45, 2.75) is 24.5 Å². The summed E-state index contributed by atoms with van der Waals surface area (Å²) in [6, 6.07) is 7.87. The summed E-state index contributed by atoms with van der Waals surface area (Å²) >= 11 is 7.73. The summed E-state index contributed by atoms with van der Waals surface area (Å²) in [7, 11) is 0. The van der Waals surface area contributed by atoms with E-state index < -0.39 is 5.41 Å². The number of thiol groups is 1. The van der Waals surface area contributed by atoms with Crippen molar-refractivity contribution in [1.82, 2.24) is 0 Å². The number of hydrogen-bond donors (Lipinski definition) is 1. The van der Waals surface area contributed by atoms with Crippen LogP contribution in [0.3, 0.4) is 0 Å². The van der Waals surface area contributed by atoms with Crippen molar-refractivity contribution in [3.63, 3.8) is 0 Å². The second kappa shape index (κ2) is 6.11. The number of hydrogen-bond acceptors (Lipinski definition) is 5. The van der Waals surface area contributed by atoms with Gasteiger partial charge < -0.3 is 4.74 Å². The molecule has 0 radical (unpaired) electrons. The molecule has 0 aliphatic heterocycles. The fraction of sp³-hybridized carbons (Fsp3) is 0.357. The largest absolute Gasteiger partial charge is 0.465 e. The van der Waals surface area contributed by atoms with Crippen LogP contribution in [-0.2, 0) is 14.9 Å². The Hall–Kier alpha value is -0.780. The molecule has 0 saturated carbocycles. The molecule has 0 aliphatic rings. The third kappa shape index (κ3) is 2.47. The first-order valence-corrected chi connectivity index (χ1v) is 8.34. The average Bonchev–Trinajstić information content (AvgIpc) is 3.02. The van der Waals surface area contributed by atoms with Crippen LogP contribution in [0.15, 0.2) is 35.0 Å². The van der Waals surface area contributed by atoms with E-state index in [1.807, 2.05) is 48.9 Å². The van der Waals surface area contributed by atoms with Crippen molar-refractivity contribution < 1.29 is 9.53 Å². The minimum atomic E-state index is -0.804. The Balaban J connectivity index is 2.62. The van der Waals surface area contributed by atoms with Gasteiger partial charge in [0.1, 0.15) is 5.41 Å². The Kier molecular flexibility index (Phi) is 4.71. The molecule has 2 aromatic rings. The first-order valence-electron chi connectivity index (χ1n) is 6.07. The SMILES string of the molecule is CCOC(=O)C(c1cccs1)(c1cccs1)C(C)S. The lowest BCUT2D eigenvalue weighted by molar-refractivity contribution is -0.148. The van der Waals surface area contributed by atoms with E-state index >= 15 is 0 Å². The van der Waals surface area contributed by atoms with E-state index in [1.165, 1.54) is 0 Å². The van der Waals surface area contributed by atoms with Crippen molar-refractivity contribution in [3.05, 3.63) is 44.8 Å². The van der Waals surface area contributed by atoms with Crippen LogP contribution in [0.2, 0.25) is 0 Å². The summed E-state index contributed by atoms with van der Waals surface area (Å²) in [4.78, 5) is 14.6. The Labute approximate surface area is 126 Å². The topological polar surface area (TPSA) is 26.3 Å². The van der Waals surface area contributed by atoms with Gasteiger partial charge in [-0.2, -0.15) is 12.6 Å². The average molecular weight is 312 g/mol. The maximum absolute atomic E-state index is 12.6. The Morgan fingerprint density at radius 1 is 1.32 bits per heavy atom. The molecule has 0 saturated heterocycles. The van der Waals surface area contributed by atoms with E-state index in [9.17, 15) is 4.79 Å². The van der Waals surface area contributed by atoms with Crippen molar-refractivity contribution in [3.8, 4) is 0 Å². The zero-order valence-electron chi connectivity index (χ0n) is 10.8. The summed E-state index contributed by atoms with van der Waals surface area (Å²) < 4.78 is 5.34. The van der Waals surface area contributed by atoms with Crippen molar-refractivity contribution in [2.75, 3.05) is 6.61 Å². The van der Waals surface area contributed by atoms with Crippen LogP contribution in [0.5, 0.6) is 0 Å². The van der Waals surface area contributed by atoms with Crippen molar-refractivity contribution in [2.24, 2.45) is 0 Å². The fourth-order valence-corrected chi connectivity index (χ4v) is 4.81. The number of thiophene rings is 2. The van der Waals surface area contributed by atoms with Gasteiger partial charge in [-0.3, -0.25) is 4.79 Å². The predicted octanol–water partition coefficient (Wildman–Crippen LogP) is 3.98. The van der Waals surface area contributed by atoms with E-state index in [2.05, 4.69) is 12.6 Å². The molecule has 0 bridgehead atoms. The van der Waals surface area contributed by atoms with Gasteiger partial charge in [-0.15, -0.1) is 22.7 Å². The van der Waals surface area contributed by atoms with Crippen LogP contribution in [0.1, 0.15) is 23.6 Å². The third-order valence-corrected chi connectivity index (χ3v) is 5.44. The van der Waals surface area contributed by atoms with E-state index in [0.717, 1.165) is 9.75 Å². The van der Waals surface area contributed by atoms with E-state index in [-0.39, 0.29) is 11.2 Å². The number of ether oxygens (including phenoxy) is 1. The third-order valence-electron chi connectivity index (χ3n) is 3.04. The van der Waals surface area contributed by atoms with Crippen LogP contribution in [0.4, 0.5) is 0 Å². The lowest BCUT2D eigenvalue weighted by atomic mass is 9.81. The van der Waals surface area contributed by atoms with Gasteiger partial charge in [0, 0.05) is 15.0 Å². The molecule has 0 spiro atoms. The molecule has 2 rings (SSSR count). The van der Waals surface area contributed by atoms with Gasteiger partial charge in [-0.1, -0.05) is 19.1 Å². The highest BCUT2D eigenvalue weighted by Crippen LogP contribution is 2.43. The standard InChI is InChI=1S/C14H16O2S3/c1-3-16-13(15)14(10(2)17,11-6-4-8-18-11)12-7-5-9-19-12/h4-10,17H,3H2,1-2H3. The van der Waals surface area contributed by atoms with Crippen LogP contribution in [0.25, 0.3) is 0 Å². The minimum absolute atomic E-state index is 0.163. The van der Waals surface area contributed by atoms with Crippen molar-refractivity contribution >= 4 is 41.3 Å². The number of carbonyl (C=O) groups excluding carboxylic acids is 1. The smallest absolute Gasteiger partial charge is 0.323 e. The highest BCUT2D eigenvalue weighted by molar-refractivity contribution is 7.81. The molecule has 102 valence electrons. The molecule has 0 aromatic carbocycles. The Bertz CT molecular complexity index is 481. The summed E-state index contributed by atoms with van der Waals surface area (Å²) in [6.45, 7) is 4.14. The molecule has 0 amide bonds. The second-order valence-electron chi connectivity index (χ2n) is 4.16. The maximum Gasteiger partial charge on any atom is 0.323 e. The van der Waals surface area contributed by atoms with E-state index in [4.69, 9.17) is 4.74 Å². The van der Waals surface area contributed by atoms with Crippen LogP contribution < -0.4 is 0 Å². The summed E-state index contributed by atoms with van der Waals surface area (Å²) in [5.41, 5.74) is -0.804. The molecule has 0 aliphatic carbocycles. The molecule has 2 heterocycles. The highest BCUT2D eigenvalue weighted by Gasteiger charge is 2.48. The lowest BCUT2D eigenvalue weighted by Crippen LogP contribution is -2.44. The first-order chi connectivity index (χ1) is 9.14. The van der Waals surface area contributed by atoms with Gasteiger partial charge in [-0.25, -0.2) is 0 Å². The minimum Gasteiger partial charge on any atom is -0.465 e. The summed E-state index contributed by atoms with van der Waals surface area (Å²) in [6.07, 6.45) is 0. The number of carbonyl (C=O) groups is 1. The molecule has 2 nitrogen and oxygen atoms in total. The second-order valence-corrected chi connectivity index (χ2v) is 6.83. The molecule has 2 aromatic heterocycles. The Morgan fingerprint density at radius 2 is 1.84 bits per heavy atom. The van der Waals surface area contributed by atoms with E-state index in [0.29, 0.717) is 6.61 Å². The zero-order valence-corrected chi connectivity index (χ0v) is 13.4. The van der Waals surface area contributed by atoms with Gasteiger partial charge in [0.25, 0.3) is 0 Å². The highest BCUT2D eigenvalue weighted by atomic mass is 32.1. The normalized spacial score (nSPS) is 13.2.